The molecular weight excluding hydrogens is 304 g/mol. The van der Waals surface area contributed by atoms with E-state index in [4.69, 9.17) is 4.74 Å². The fourth-order valence-electron chi connectivity index (χ4n) is 2.87. The lowest BCUT2D eigenvalue weighted by molar-refractivity contribution is 0.117. The molecule has 2 aromatic carbocycles. The molecule has 0 aliphatic carbocycles. The minimum atomic E-state index is 0.729. The van der Waals surface area contributed by atoms with Crippen molar-refractivity contribution in [2.75, 3.05) is 6.61 Å². The zero-order valence-electron chi connectivity index (χ0n) is 15.6. The van der Waals surface area contributed by atoms with E-state index in [9.17, 15) is 0 Å². The van der Waals surface area contributed by atoms with Crippen molar-refractivity contribution in [2.24, 2.45) is 0 Å². The van der Waals surface area contributed by atoms with Gasteiger partial charge >= 0.3 is 0 Å². The molecule has 0 heterocycles. The number of aryl methyl sites for hydroxylation is 1. The summed E-state index contributed by atoms with van der Waals surface area (Å²) in [6.07, 6.45) is 13.1. The Labute approximate surface area is 153 Å². The predicted octanol–water partition coefficient (Wildman–Crippen LogP) is 6.82. The number of hydrogen-bond acceptors (Lipinski definition) is 1. The molecule has 0 aliphatic heterocycles. The van der Waals surface area contributed by atoms with Crippen molar-refractivity contribution in [1.82, 2.24) is 0 Å². The number of unbranched alkanes of at least 4 members (excludes halogenated alkanes) is 4. The highest BCUT2D eigenvalue weighted by Crippen LogP contribution is 2.12. The summed E-state index contributed by atoms with van der Waals surface area (Å²) >= 11 is 0. The Morgan fingerprint density at radius 1 is 0.840 bits per heavy atom. The zero-order chi connectivity index (χ0) is 17.6. The number of benzene rings is 2. The summed E-state index contributed by atoms with van der Waals surface area (Å²) in [6.45, 7) is 3.82. The van der Waals surface area contributed by atoms with E-state index >= 15 is 0 Å². The van der Waals surface area contributed by atoms with Gasteiger partial charge in [-0.3, -0.25) is 0 Å². The van der Waals surface area contributed by atoms with Gasteiger partial charge in [0.25, 0.3) is 0 Å². The van der Waals surface area contributed by atoms with Crippen LogP contribution >= 0.6 is 0 Å². The van der Waals surface area contributed by atoms with Crippen molar-refractivity contribution in [2.45, 2.75) is 58.5 Å². The van der Waals surface area contributed by atoms with Gasteiger partial charge in [-0.15, -0.1) is 0 Å². The molecule has 2 aromatic rings. The van der Waals surface area contributed by atoms with Crippen LogP contribution in [0, 0.1) is 0 Å². The average molecular weight is 337 g/mol. The fourth-order valence-corrected chi connectivity index (χ4v) is 2.87. The maximum absolute atomic E-state index is 5.75. The van der Waals surface area contributed by atoms with Gasteiger partial charge in [-0.1, -0.05) is 92.9 Å². The average Bonchev–Trinajstić information content (AvgIpc) is 2.66. The Morgan fingerprint density at radius 2 is 1.68 bits per heavy atom. The third-order valence-corrected chi connectivity index (χ3v) is 4.35. The van der Waals surface area contributed by atoms with Gasteiger partial charge in [0.1, 0.15) is 0 Å². The van der Waals surface area contributed by atoms with Gasteiger partial charge in [0, 0.05) is 6.61 Å². The van der Waals surface area contributed by atoms with Crippen molar-refractivity contribution in [3.05, 3.63) is 77.4 Å². The van der Waals surface area contributed by atoms with Crippen molar-refractivity contribution in [3.8, 4) is 0 Å². The first-order chi connectivity index (χ1) is 12.4. The molecule has 0 atom stereocenters. The van der Waals surface area contributed by atoms with Gasteiger partial charge in [-0.2, -0.15) is 0 Å². The standard InChI is InChI=1S/C24H32O/c1-2-3-4-7-13-22-17-12-18-23(20-22)14-10-6-11-19-25-21-24-15-8-5-9-16-24/h5,7-9,12-13,15-18,20H,2-4,6,10-11,14,19,21H2,1H3/b13-7+. The number of rotatable bonds is 12. The van der Waals surface area contributed by atoms with E-state index in [2.05, 4.69) is 67.6 Å². The molecule has 0 aliphatic rings. The van der Waals surface area contributed by atoms with Crippen molar-refractivity contribution < 1.29 is 4.74 Å². The van der Waals surface area contributed by atoms with E-state index in [1.54, 1.807) is 0 Å². The zero-order valence-corrected chi connectivity index (χ0v) is 15.6. The Morgan fingerprint density at radius 3 is 2.52 bits per heavy atom. The molecule has 0 unspecified atom stereocenters. The molecule has 134 valence electrons. The van der Waals surface area contributed by atoms with Gasteiger partial charge in [0.15, 0.2) is 0 Å². The topological polar surface area (TPSA) is 9.23 Å². The van der Waals surface area contributed by atoms with E-state index in [0.29, 0.717) is 0 Å². The van der Waals surface area contributed by atoms with E-state index in [-0.39, 0.29) is 0 Å². The molecule has 0 radical (unpaired) electrons. The second kappa shape index (κ2) is 12.5. The predicted molar refractivity (Wildman–Crippen MR) is 109 cm³/mol. The monoisotopic (exact) mass is 336 g/mol. The van der Waals surface area contributed by atoms with Crippen LogP contribution in [-0.2, 0) is 17.8 Å². The van der Waals surface area contributed by atoms with Crippen LogP contribution in [0.3, 0.4) is 0 Å². The smallest absolute Gasteiger partial charge is 0.0716 e. The van der Waals surface area contributed by atoms with Crippen LogP contribution in [0.4, 0.5) is 0 Å². The maximum Gasteiger partial charge on any atom is 0.0716 e. The summed E-state index contributed by atoms with van der Waals surface area (Å²) < 4.78 is 5.75. The summed E-state index contributed by atoms with van der Waals surface area (Å²) in [5.74, 6) is 0. The molecule has 1 nitrogen and oxygen atoms in total. The van der Waals surface area contributed by atoms with Crippen molar-refractivity contribution in [1.29, 1.82) is 0 Å². The summed E-state index contributed by atoms with van der Waals surface area (Å²) in [7, 11) is 0. The normalized spacial score (nSPS) is 11.2. The lowest BCUT2D eigenvalue weighted by atomic mass is 10.0. The molecule has 1 heteroatoms. The van der Waals surface area contributed by atoms with Crippen LogP contribution in [0.5, 0.6) is 0 Å². The van der Waals surface area contributed by atoms with Gasteiger partial charge in [-0.25, -0.2) is 0 Å². The van der Waals surface area contributed by atoms with Gasteiger partial charge < -0.3 is 4.74 Å². The summed E-state index contributed by atoms with van der Waals surface area (Å²) in [5, 5.41) is 0. The summed E-state index contributed by atoms with van der Waals surface area (Å²) in [5.41, 5.74) is 4.04. The molecule has 0 saturated heterocycles. The first-order valence-corrected chi connectivity index (χ1v) is 9.75. The van der Waals surface area contributed by atoms with E-state index in [0.717, 1.165) is 26.1 Å². The molecule has 0 amide bonds. The quantitative estimate of drug-likeness (QED) is 0.386. The lowest BCUT2D eigenvalue weighted by Crippen LogP contribution is -1.96. The van der Waals surface area contributed by atoms with E-state index in [1.807, 2.05) is 6.07 Å². The minimum absolute atomic E-state index is 0.729. The third-order valence-electron chi connectivity index (χ3n) is 4.35. The fraction of sp³-hybridized carbons (Fsp3) is 0.417. The van der Waals surface area contributed by atoms with Crippen LogP contribution in [0.25, 0.3) is 6.08 Å². The molecule has 0 fully saturated rings. The highest BCUT2D eigenvalue weighted by molar-refractivity contribution is 5.50. The van der Waals surface area contributed by atoms with Gasteiger partial charge in [0.2, 0.25) is 0 Å². The molecule has 25 heavy (non-hydrogen) atoms. The second-order valence-corrected chi connectivity index (χ2v) is 6.64. The molecular formula is C24H32O. The number of hydrogen-bond donors (Lipinski definition) is 0. The molecule has 0 bridgehead atoms. The van der Waals surface area contributed by atoms with Crippen molar-refractivity contribution >= 4 is 6.08 Å². The number of allylic oxidation sites excluding steroid dienone is 1. The minimum Gasteiger partial charge on any atom is -0.377 e. The lowest BCUT2D eigenvalue weighted by Gasteiger charge is -2.05. The largest absolute Gasteiger partial charge is 0.377 e. The van der Waals surface area contributed by atoms with Crippen LogP contribution in [0.15, 0.2) is 60.7 Å². The summed E-state index contributed by atoms with van der Waals surface area (Å²) in [6, 6.07) is 19.3. The number of ether oxygens (including phenoxy) is 1. The van der Waals surface area contributed by atoms with Crippen LogP contribution in [-0.4, -0.2) is 6.61 Å². The molecule has 0 saturated carbocycles. The van der Waals surface area contributed by atoms with Crippen LogP contribution < -0.4 is 0 Å². The van der Waals surface area contributed by atoms with Crippen molar-refractivity contribution in [3.63, 3.8) is 0 Å². The highest BCUT2D eigenvalue weighted by atomic mass is 16.5. The first kappa shape index (κ1) is 19.5. The van der Waals surface area contributed by atoms with Crippen LogP contribution in [0.1, 0.15) is 62.1 Å². The Kier molecular flexibility index (Phi) is 9.73. The molecule has 0 N–H and O–H groups in total. The Hall–Kier alpha value is -1.86. The Balaban J connectivity index is 1.57. The van der Waals surface area contributed by atoms with Gasteiger partial charge in [-0.05, 0) is 42.4 Å². The summed E-state index contributed by atoms with van der Waals surface area (Å²) in [4.78, 5) is 0. The van der Waals surface area contributed by atoms with Crippen LogP contribution in [0.2, 0.25) is 0 Å². The Bertz CT molecular complexity index is 601. The third kappa shape index (κ3) is 8.69. The molecule has 0 spiro atoms. The van der Waals surface area contributed by atoms with E-state index < -0.39 is 0 Å². The maximum atomic E-state index is 5.75. The molecule has 2 rings (SSSR count). The molecule has 0 aromatic heterocycles. The SMILES string of the molecule is CCCC/C=C/c1cccc(CCCCCOCc2ccccc2)c1. The second-order valence-electron chi connectivity index (χ2n) is 6.64. The highest BCUT2D eigenvalue weighted by Gasteiger charge is 1.96. The van der Waals surface area contributed by atoms with Gasteiger partial charge in [0.05, 0.1) is 6.61 Å². The first-order valence-electron chi connectivity index (χ1n) is 9.75. The van der Waals surface area contributed by atoms with E-state index in [1.165, 1.54) is 48.8 Å².